The SMILES string of the molecule is CC(=O)CCOC(=O)N1CCCCC1. The van der Waals surface area contributed by atoms with Gasteiger partial charge in [-0.1, -0.05) is 0 Å². The van der Waals surface area contributed by atoms with E-state index in [0.717, 1.165) is 25.9 Å². The van der Waals surface area contributed by atoms with Crippen LogP contribution in [0.1, 0.15) is 32.6 Å². The number of likely N-dealkylation sites (tertiary alicyclic amines) is 1. The summed E-state index contributed by atoms with van der Waals surface area (Å²) in [5.41, 5.74) is 0. The first-order valence-corrected chi connectivity index (χ1v) is 5.11. The maximum absolute atomic E-state index is 11.4. The van der Waals surface area contributed by atoms with Gasteiger partial charge in [-0.25, -0.2) is 4.79 Å². The molecule has 1 amide bonds. The number of ether oxygens (including phenoxy) is 1. The largest absolute Gasteiger partial charge is 0.449 e. The molecule has 0 aromatic carbocycles. The lowest BCUT2D eigenvalue weighted by Crippen LogP contribution is -2.36. The van der Waals surface area contributed by atoms with Gasteiger partial charge in [0.05, 0.1) is 0 Å². The molecule has 0 N–H and O–H groups in total. The zero-order valence-electron chi connectivity index (χ0n) is 8.62. The van der Waals surface area contributed by atoms with E-state index in [1.54, 1.807) is 4.90 Å². The highest BCUT2D eigenvalue weighted by molar-refractivity contribution is 5.76. The lowest BCUT2D eigenvalue weighted by molar-refractivity contribution is -0.117. The number of hydrogen-bond donors (Lipinski definition) is 0. The molecule has 0 saturated carbocycles. The monoisotopic (exact) mass is 199 g/mol. The predicted molar refractivity (Wildman–Crippen MR) is 52.1 cm³/mol. The van der Waals surface area contributed by atoms with Crippen molar-refractivity contribution in [2.24, 2.45) is 0 Å². The third-order valence-corrected chi connectivity index (χ3v) is 2.29. The Labute approximate surface area is 84.2 Å². The van der Waals surface area contributed by atoms with Gasteiger partial charge in [-0.3, -0.25) is 4.79 Å². The van der Waals surface area contributed by atoms with Gasteiger partial charge in [0.25, 0.3) is 0 Å². The Hall–Kier alpha value is -1.06. The molecule has 0 spiro atoms. The van der Waals surface area contributed by atoms with Crippen molar-refractivity contribution in [3.8, 4) is 0 Å². The van der Waals surface area contributed by atoms with E-state index in [9.17, 15) is 9.59 Å². The topological polar surface area (TPSA) is 46.6 Å². The van der Waals surface area contributed by atoms with Crippen LogP contribution in [0.3, 0.4) is 0 Å². The van der Waals surface area contributed by atoms with Gasteiger partial charge in [0.15, 0.2) is 0 Å². The predicted octanol–water partition coefficient (Wildman–Crippen LogP) is 1.59. The van der Waals surface area contributed by atoms with Gasteiger partial charge in [-0.15, -0.1) is 0 Å². The van der Waals surface area contributed by atoms with Gasteiger partial charge in [0.1, 0.15) is 12.4 Å². The van der Waals surface area contributed by atoms with Crippen LogP contribution in [0.4, 0.5) is 4.79 Å². The average molecular weight is 199 g/mol. The Kier molecular flexibility index (Phi) is 4.43. The molecule has 0 aromatic rings. The van der Waals surface area contributed by atoms with Crippen molar-refractivity contribution < 1.29 is 14.3 Å². The van der Waals surface area contributed by atoms with Crippen LogP contribution in [0.2, 0.25) is 0 Å². The van der Waals surface area contributed by atoms with E-state index in [0.29, 0.717) is 6.42 Å². The lowest BCUT2D eigenvalue weighted by atomic mass is 10.1. The van der Waals surface area contributed by atoms with Crippen molar-refractivity contribution in [1.82, 2.24) is 4.90 Å². The first kappa shape index (κ1) is 11.0. The number of carbonyl (C=O) groups excluding carboxylic acids is 2. The van der Waals surface area contributed by atoms with E-state index in [1.807, 2.05) is 0 Å². The first-order valence-electron chi connectivity index (χ1n) is 5.11. The maximum atomic E-state index is 11.4. The smallest absolute Gasteiger partial charge is 0.409 e. The molecule has 1 rings (SSSR count). The molecule has 1 heterocycles. The minimum atomic E-state index is -0.272. The fourth-order valence-corrected chi connectivity index (χ4v) is 1.45. The number of rotatable bonds is 3. The number of amides is 1. The molecule has 0 radical (unpaired) electrons. The third-order valence-electron chi connectivity index (χ3n) is 2.29. The average Bonchev–Trinajstić information content (AvgIpc) is 2.18. The summed E-state index contributed by atoms with van der Waals surface area (Å²) in [5, 5.41) is 0. The summed E-state index contributed by atoms with van der Waals surface area (Å²) >= 11 is 0. The first-order chi connectivity index (χ1) is 6.70. The molecule has 0 bridgehead atoms. The highest BCUT2D eigenvalue weighted by atomic mass is 16.6. The van der Waals surface area contributed by atoms with E-state index in [-0.39, 0.29) is 18.5 Å². The molecule has 0 aliphatic carbocycles. The molecule has 0 atom stereocenters. The van der Waals surface area contributed by atoms with Crippen molar-refractivity contribution in [1.29, 1.82) is 0 Å². The molecule has 0 aromatic heterocycles. The van der Waals surface area contributed by atoms with Crippen molar-refractivity contribution in [2.75, 3.05) is 19.7 Å². The molecule has 14 heavy (non-hydrogen) atoms. The number of piperidine rings is 1. The fourth-order valence-electron chi connectivity index (χ4n) is 1.45. The van der Waals surface area contributed by atoms with E-state index in [1.165, 1.54) is 13.3 Å². The normalized spacial score (nSPS) is 16.5. The van der Waals surface area contributed by atoms with Crippen LogP contribution in [0.5, 0.6) is 0 Å². The molecule has 1 aliphatic heterocycles. The van der Waals surface area contributed by atoms with E-state index in [4.69, 9.17) is 4.74 Å². The molecule has 0 unspecified atom stereocenters. The van der Waals surface area contributed by atoms with Crippen molar-refractivity contribution >= 4 is 11.9 Å². The molecule has 80 valence electrons. The van der Waals surface area contributed by atoms with Gasteiger partial charge < -0.3 is 9.64 Å². The van der Waals surface area contributed by atoms with E-state index in [2.05, 4.69) is 0 Å². The van der Waals surface area contributed by atoms with Crippen LogP contribution < -0.4 is 0 Å². The molecule has 1 fully saturated rings. The Balaban J connectivity index is 2.16. The summed E-state index contributed by atoms with van der Waals surface area (Å²) in [5.74, 6) is 0.0523. The highest BCUT2D eigenvalue weighted by Gasteiger charge is 2.17. The summed E-state index contributed by atoms with van der Waals surface area (Å²) in [6, 6.07) is 0. The highest BCUT2D eigenvalue weighted by Crippen LogP contribution is 2.09. The molecule has 4 heteroatoms. The molecule has 4 nitrogen and oxygen atoms in total. The van der Waals surface area contributed by atoms with Crippen LogP contribution in [0.25, 0.3) is 0 Å². The Morgan fingerprint density at radius 1 is 1.21 bits per heavy atom. The van der Waals surface area contributed by atoms with Gasteiger partial charge in [0.2, 0.25) is 0 Å². The van der Waals surface area contributed by atoms with Crippen LogP contribution >= 0.6 is 0 Å². The van der Waals surface area contributed by atoms with Crippen molar-refractivity contribution in [3.05, 3.63) is 0 Å². The second-order valence-corrected chi connectivity index (χ2v) is 3.61. The standard InChI is InChI=1S/C10H17NO3/c1-9(12)5-8-14-10(13)11-6-3-2-4-7-11/h2-8H2,1H3. The summed E-state index contributed by atoms with van der Waals surface area (Å²) in [6.45, 7) is 3.29. The maximum Gasteiger partial charge on any atom is 0.409 e. The number of hydrogen-bond acceptors (Lipinski definition) is 3. The number of carbonyl (C=O) groups is 2. The van der Waals surface area contributed by atoms with Crippen LogP contribution in [-0.4, -0.2) is 36.5 Å². The third kappa shape index (κ3) is 3.77. The summed E-state index contributed by atoms with van der Waals surface area (Å²) < 4.78 is 4.96. The Bertz CT molecular complexity index is 209. The second-order valence-electron chi connectivity index (χ2n) is 3.61. The quantitative estimate of drug-likeness (QED) is 0.693. The minimum Gasteiger partial charge on any atom is -0.449 e. The minimum absolute atomic E-state index is 0.0523. The van der Waals surface area contributed by atoms with Gasteiger partial charge in [0, 0.05) is 19.5 Å². The lowest BCUT2D eigenvalue weighted by Gasteiger charge is -2.25. The Morgan fingerprint density at radius 2 is 1.86 bits per heavy atom. The van der Waals surface area contributed by atoms with Crippen LogP contribution in [0, 0.1) is 0 Å². The molecule has 1 aliphatic rings. The van der Waals surface area contributed by atoms with Crippen molar-refractivity contribution in [3.63, 3.8) is 0 Å². The zero-order chi connectivity index (χ0) is 10.4. The van der Waals surface area contributed by atoms with Crippen LogP contribution in [0.15, 0.2) is 0 Å². The van der Waals surface area contributed by atoms with E-state index >= 15 is 0 Å². The number of nitrogens with zero attached hydrogens (tertiary/aromatic N) is 1. The fraction of sp³-hybridized carbons (Fsp3) is 0.800. The van der Waals surface area contributed by atoms with Gasteiger partial charge >= 0.3 is 6.09 Å². The van der Waals surface area contributed by atoms with Crippen molar-refractivity contribution in [2.45, 2.75) is 32.6 Å². The number of Topliss-reactive ketones (excluding diaryl/α,β-unsaturated/α-hetero) is 1. The van der Waals surface area contributed by atoms with Gasteiger partial charge in [-0.2, -0.15) is 0 Å². The summed E-state index contributed by atoms with van der Waals surface area (Å²) in [7, 11) is 0. The zero-order valence-corrected chi connectivity index (χ0v) is 8.62. The van der Waals surface area contributed by atoms with E-state index < -0.39 is 0 Å². The second kappa shape index (κ2) is 5.62. The van der Waals surface area contributed by atoms with Crippen LogP contribution in [-0.2, 0) is 9.53 Å². The number of ketones is 1. The Morgan fingerprint density at radius 3 is 2.43 bits per heavy atom. The molecule has 1 saturated heterocycles. The molecular weight excluding hydrogens is 182 g/mol. The molecular formula is C10H17NO3. The summed E-state index contributed by atoms with van der Waals surface area (Å²) in [4.78, 5) is 23.7. The van der Waals surface area contributed by atoms with Gasteiger partial charge in [-0.05, 0) is 26.2 Å². The summed E-state index contributed by atoms with van der Waals surface area (Å²) in [6.07, 6.45) is 3.35.